The SMILES string of the molecule is Cc1ccc(/C(O)=C2/C(=O)C(=O)N(c3ccc(F)c(F)c3)C2c2ccco2)cc1. The fourth-order valence-electron chi connectivity index (χ4n) is 3.32. The van der Waals surface area contributed by atoms with E-state index in [4.69, 9.17) is 4.42 Å². The summed E-state index contributed by atoms with van der Waals surface area (Å²) in [5.41, 5.74) is 1.07. The third-order valence-corrected chi connectivity index (χ3v) is 4.76. The van der Waals surface area contributed by atoms with E-state index >= 15 is 0 Å². The van der Waals surface area contributed by atoms with Crippen LogP contribution < -0.4 is 4.90 Å². The molecule has 5 nitrogen and oxygen atoms in total. The Hall–Kier alpha value is -3.74. The second-order valence-corrected chi connectivity index (χ2v) is 6.65. The number of benzene rings is 2. The molecule has 1 aromatic heterocycles. The quantitative estimate of drug-likeness (QED) is 0.403. The highest BCUT2D eigenvalue weighted by Crippen LogP contribution is 2.42. The van der Waals surface area contributed by atoms with Crippen molar-refractivity contribution in [1.29, 1.82) is 0 Å². The maximum Gasteiger partial charge on any atom is 0.300 e. The molecule has 1 N–H and O–H groups in total. The van der Waals surface area contributed by atoms with E-state index in [2.05, 4.69) is 0 Å². The van der Waals surface area contributed by atoms with Gasteiger partial charge in [-0.05, 0) is 31.2 Å². The summed E-state index contributed by atoms with van der Waals surface area (Å²) in [5, 5.41) is 10.8. The van der Waals surface area contributed by atoms with Gasteiger partial charge in [0.05, 0.1) is 11.8 Å². The summed E-state index contributed by atoms with van der Waals surface area (Å²) in [7, 11) is 0. The minimum Gasteiger partial charge on any atom is -0.507 e. The lowest BCUT2D eigenvalue weighted by Gasteiger charge is -2.23. The minimum atomic E-state index is -1.17. The van der Waals surface area contributed by atoms with E-state index in [1.165, 1.54) is 18.4 Å². The van der Waals surface area contributed by atoms with Crippen molar-refractivity contribution in [2.75, 3.05) is 4.90 Å². The van der Waals surface area contributed by atoms with Crippen molar-refractivity contribution < 1.29 is 27.9 Å². The topological polar surface area (TPSA) is 70.8 Å². The molecule has 29 heavy (non-hydrogen) atoms. The van der Waals surface area contributed by atoms with Crippen LogP contribution in [0, 0.1) is 18.6 Å². The number of halogens is 2. The van der Waals surface area contributed by atoms with Crippen molar-refractivity contribution in [2.45, 2.75) is 13.0 Å². The van der Waals surface area contributed by atoms with Gasteiger partial charge in [-0.15, -0.1) is 0 Å². The van der Waals surface area contributed by atoms with Crippen LogP contribution in [0.3, 0.4) is 0 Å². The van der Waals surface area contributed by atoms with Crippen LogP contribution in [0.1, 0.15) is 22.9 Å². The number of nitrogens with zero attached hydrogens (tertiary/aromatic N) is 1. The van der Waals surface area contributed by atoms with Gasteiger partial charge in [0.2, 0.25) is 0 Å². The van der Waals surface area contributed by atoms with Crippen LogP contribution in [0.2, 0.25) is 0 Å². The molecule has 0 aliphatic carbocycles. The average Bonchev–Trinajstić information content (AvgIpc) is 3.32. The summed E-state index contributed by atoms with van der Waals surface area (Å²) >= 11 is 0. The lowest BCUT2D eigenvalue weighted by molar-refractivity contribution is -0.132. The van der Waals surface area contributed by atoms with Gasteiger partial charge in [0.25, 0.3) is 11.7 Å². The van der Waals surface area contributed by atoms with Gasteiger partial charge in [-0.3, -0.25) is 14.5 Å². The highest BCUT2D eigenvalue weighted by atomic mass is 19.2. The number of carbonyl (C=O) groups excluding carboxylic acids is 2. The average molecular weight is 395 g/mol. The van der Waals surface area contributed by atoms with Crippen LogP contribution in [0.15, 0.2) is 70.9 Å². The molecule has 2 heterocycles. The van der Waals surface area contributed by atoms with Gasteiger partial charge < -0.3 is 9.52 Å². The molecule has 1 aliphatic heterocycles. The zero-order valence-electron chi connectivity index (χ0n) is 15.2. The van der Waals surface area contributed by atoms with Crippen LogP contribution in [-0.4, -0.2) is 16.8 Å². The van der Waals surface area contributed by atoms with E-state index in [1.807, 2.05) is 6.92 Å². The highest BCUT2D eigenvalue weighted by molar-refractivity contribution is 6.51. The molecule has 1 saturated heterocycles. The fraction of sp³-hybridized carbons (Fsp3) is 0.0909. The van der Waals surface area contributed by atoms with E-state index < -0.39 is 29.4 Å². The number of aryl methyl sites for hydroxylation is 1. The third-order valence-electron chi connectivity index (χ3n) is 4.76. The first-order chi connectivity index (χ1) is 13.9. The molecule has 0 bridgehead atoms. The maximum atomic E-state index is 13.8. The summed E-state index contributed by atoms with van der Waals surface area (Å²) in [5.74, 6) is -4.36. The summed E-state index contributed by atoms with van der Waals surface area (Å²) in [4.78, 5) is 26.6. The molecule has 1 amide bonds. The van der Waals surface area contributed by atoms with Gasteiger partial charge in [-0.1, -0.05) is 29.8 Å². The van der Waals surface area contributed by atoms with E-state index in [1.54, 1.807) is 30.3 Å². The van der Waals surface area contributed by atoms with Crippen molar-refractivity contribution in [3.63, 3.8) is 0 Å². The lowest BCUT2D eigenvalue weighted by atomic mass is 9.98. The Morgan fingerprint density at radius 1 is 1.03 bits per heavy atom. The van der Waals surface area contributed by atoms with Gasteiger partial charge in [-0.25, -0.2) is 8.78 Å². The molecular weight excluding hydrogens is 380 g/mol. The minimum absolute atomic E-state index is 0.0321. The van der Waals surface area contributed by atoms with E-state index in [0.29, 0.717) is 5.56 Å². The Bertz CT molecular complexity index is 1130. The second kappa shape index (κ2) is 7.01. The molecule has 0 spiro atoms. The number of aliphatic hydroxyl groups excluding tert-OH is 1. The molecule has 2 aromatic carbocycles. The normalized spacial score (nSPS) is 18.4. The number of carbonyl (C=O) groups is 2. The van der Waals surface area contributed by atoms with Crippen molar-refractivity contribution >= 4 is 23.1 Å². The number of anilines is 1. The number of Topliss-reactive ketones (excluding diaryl/α,β-unsaturated/α-hetero) is 1. The molecule has 1 unspecified atom stereocenters. The van der Waals surface area contributed by atoms with Crippen LogP contribution >= 0.6 is 0 Å². The molecular formula is C22H15F2NO4. The maximum absolute atomic E-state index is 13.8. The summed E-state index contributed by atoms with van der Waals surface area (Å²) < 4.78 is 32.6. The van der Waals surface area contributed by atoms with Crippen LogP contribution in [0.5, 0.6) is 0 Å². The number of hydrogen-bond acceptors (Lipinski definition) is 4. The Morgan fingerprint density at radius 2 is 1.76 bits per heavy atom. The zero-order valence-corrected chi connectivity index (χ0v) is 15.2. The molecule has 4 rings (SSSR count). The van der Waals surface area contributed by atoms with E-state index in [-0.39, 0.29) is 22.8 Å². The first kappa shape index (κ1) is 18.6. The summed E-state index contributed by atoms with van der Waals surface area (Å²) in [6.45, 7) is 1.87. The summed E-state index contributed by atoms with van der Waals surface area (Å²) in [6.07, 6.45) is 1.35. The van der Waals surface area contributed by atoms with Crippen molar-refractivity contribution in [1.82, 2.24) is 0 Å². The number of ketones is 1. The van der Waals surface area contributed by atoms with Crippen molar-refractivity contribution in [2.24, 2.45) is 0 Å². The summed E-state index contributed by atoms with van der Waals surface area (Å²) in [6, 6.07) is 11.6. The predicted molar refractivity (Wildman–Crippen MR) is 101 cm³/mol. The molecule has 1 aliphatic rings. The van der Waals surface area contributed by atoms with Crippen LogP contribution in [0.25, 0.3) is 5.76 Å². The second-order valence-electron chi connectivity index (χ2n) is 6.65. The van der Waals surface area contributed by atoms with Crippen molar-refractivity contribution in [3.8, 4) is 0 Å². The van der Waals surface area contributed by atoms with Gasteiger partial charge >= 0.3 is 0 Å². The van der Waals surface area contributed by atoms with E-state index in [9.17, 15) is 23.5 Å². The van der Waals surface area contributed by atoms with Gasteiger partial charge in [0.1, 0.15) is 17.6 Å². The smallest absolute Gasteiger partial charge is 0.300 e. The Morgan fingerprint density at radius 3 is 2.38 bits per heavy atom. The van der Waals surface area contributed by atoms with Gasteiger partial charge in [-0.2, -0.15) is 0 Å². The largest absolute Gasteiger partial charge is 0.507 e. The molecule has 7 heteroatoms. The van der Waals surface area contributed by atoms with Crippen molar-refractivity contribution in [3.05, 3.63) is 95.0 Å². The highest BCUT2D eigenvalue weighted by Gasteiger charge is 2.48. The Labute approximate surface area is 164 Å². The van der Waals surface area contributed by atoms with Crippen LogP contribution in [0.4, 0.5) is 14.5 Å². The molecule has 1 atom stereocenters. The zero-order chi connectivity index (χ0) is 20.7. The molecule has 1 fully saturated rings. The number of furan rings is 1. The Kier molecular flexibility index (Phi) is 4.50. The van der Waals surface area contributed by atoms with Gasteiger partial charge in [0.15, 0.2) is 11.6 Å². The first-order valence-electron chi connectivity index (χ1n) is 8.75. The standard InChI is InChI=1S/C22H15F2NO4/c1-12-4-6-13(7-5-12)20(26)18-19(17-3-2-10-29-17)25(22(28)21(18)27)14-8-9-15(23)16(24)11-14/h2-11,19,26H,1H3/b20-18-. The number of rotatable bonds is 3. The molecule has 0 saturated carbocycles. The van der Waals surface area contributed by atoms with Gasteiger partial charge in [0, 0.05) is 17.3 Å². The molecule has 0 radical (unpaired) electrons. The number of amides is 1. The Balaban J connectivity index is 1.92. The van der Waals surface area contributed by atoms with E-state index in [0.717, 1.165) is 22.6 Å². The first-order valence-corrected chi connectivity index (χ1v) is 8.75. The predicted octanol–water partition coefficient (Wildman–Crippen LogP) is 4.49. The number of hydrogen-bond donors (Lipinski definition) is 1. The fourth-order valence-corrected chi connectivity index (χ4v) is 3.32. The lowest BCUT2D eigenvalue weighted by Crippen LogP contribution is -2.29. The third kappa shape index (κ3) is 3.10. The monoisotopic (exact) mass is 395 g/mol. The molecule has 146 valence electrons. The molecule has 3 aromatic rings. The van der Waals surface area contributed by atoms with Crippen LogP contribution in [-0.2, 0) is 9.59 Å². The number of aliphatic hydroxyl groups is 1.